The normalized spacial score (nSPS) is 13.3. The summed E-state index contributed by atoms with van der Waals surface area (Å²) in [5.74, 6) is 0.651. The third-order valence-corrected chi connectivity index (χ3v) is 6.09. The largest absolute Gasteiger partial charge is 0.464 e. The smallest absolute Gasteiger partial charge is 0.326 e. The van der Waals surface area contributed by atoms with Gasteiger partial charge in [0.05, 0.1) is 31.3 Å². The number of nitrogens with one attached hydrogen (secondary N) is 1. The fraction of sp³-hybridized carbons (Fsp3) is 0.696. The van der Waals surface area contributed by atoms with Crippen LogP contribution < -0.4 is 15.7 Å². The maximum atomic E-state index is 12.7. The highest BCUT2D eigenvalue weighted by Gasteiger charge is 2.34. The zero-order valence-electron chi connectivity index (χ0n) is 22.2. The molecule has 1 unspecified atom stereocenters. The molecule has 2 atom stereocenters. The van der Waals surface area contributed by atoms with Crippen LogP contribution in [0.25, 0.3) is 0 Å². The minimum atomic E-state index is -1.42. The van der Waals surface area contributed by atoms with Gasteiger partial charge in [0.15, 0.2) is 0 Å². The Labute approximate surface area is 210 Å². The fourth-order valence-corrected chi connectivity index (χ4v) is 4.34. The van der Waals surface area contributed by atoms with E-state index in [9.17, 15) is 4.79 Å². The summed E-state index contributed by atoms with van der Waals surface area (Å²) >= 11 is 0. The number of aromatic nitrogens is 2. The van der Waals surface area contributed by atoms with Gasteiger partial charge < -0.3 is 24.7 Å². The van der Waals surface area contributed by atoms with Crippen LogP contribution in [0.2, 0.25) is 0 Å². The van der Waals surface area contributed by atoms with Crippen LogP contribution >= 0.6 is 8.30 Å². The number of rotatable bonds is 17. The number of unbranched alkanes of at least 4 members (excludes halogenated alkanes) is 3. The molecule has 0 aromatic carbocycles. The number of nitrogens with zero attached hydrogens (tertiary/aromatic N) is 5. The molecule has 0 aliphatic heterocycles. The number of hydrogen-bond acceptors (Lipinski definition) is 10. The summed E-state index contributed by atoms with van der Waals surface area (Å²) in [6.45, 7) is 12.2. The van der Waals surface area contributed by atoms with E-state index in [0.29, 0.717) is 24.8 Å². The lowest BCUT2D eigenvalue weighted by Crippen LogP contribution is -2.46. The SMILES string of the molecule is CCCCCCOC(=O)C(C)(C)NP(CO[C@H](C)CN(/C=N\C)c1cc(N)ncn1)ON=C(C)C. The molecule has 0 radical (unpaired) electrons. The molecule has 3 N–H and O–H groups in total. The van der Waals surface area contributed by atoms with Crippen molar-refractivity contribution in [2.24, 2.45) is 10.1 Å². The number of aliphatic imine (C=N–C) groups is 1. The molecule has 0 spiro atoms. The molecule has 1 heterocycles. The van der Waals surface area contributed by atoms with Crippen molar-refractivity contribution < 1.29 is 18.9 Å². The van der Waals surface area contributed by atoms with Crippen LogP contribution in [0.15, 0.2) is 22.5 Å². The molecule has 1 aromatic heterocycles. The van der Waals surface area contributed by atoms with Gasteiger partial charge in [-0.3, -0.25) is 9.79 Å². The van der Waals surface area contributed by atoms with Crippen molar-refractivity contribution >= 4 is 38.0 Å². The number of ether oxygens (including phenoxy) is 2. The molecule has 35 heavy (non-hydrogen) atoms. The van der Waals surface area contributed by atoms with Crippen LogP contribution in [0.1, 0.15) is 67.2 Å². The Morgan fingerprint density at radius 3 is 2.69 bits per heavy atom. The van der Waals surface area contributed by atoms with E-state index in [0.717, 1.165) is 31.4 Å². The molecule has 0 amide bonds. The van der Waals surface area contributed by atoms with E-state index in [1.165, 1.54) is 6.33 Å². The number of anilines is 2. The summed E-state index contributed by atoms with van der Waals surface area (Å²) in [7, 11) is 0.256. The van der Waals surface area contributed by atoms with Crippen molar-refractivity contribution in [3.8, 4) is 0 Å². The summed E-state index contributed by atoms with van der Waals surface area (Å²) in [4.78, 5) is 26.8. The van der Waals surface area contributed by atoms with Crippen molar-refractivity contribution in [3.63, 3.8) is 0 Å². The fourth-order valence-electron chi connectivity index (χ4n) is 2.82. The van der Waals surface area contributed by atoms with Crippen LogP contribution in [0, 0.1) is 0 Å². The first-order valence-electron chi connectivity index (χ1n) is 11.9. The van der Waals surface area contributed by atoms with Gasteiger partial charge in [0.25, 0.3) is 0 Å². The van der Waals surface area contributed by atoms with Gasteiger partial charge in [-0.15, -0.1) is 0 Å². The summed E-state index contributed by atoms with van der Waals surface area (Å²) < 4.78 is 17.2. The second kappa shape index (κ2) is 16.3. The van der Waals surface area contributed by atoms with Gasteiger partial charge in [0, 0.05) is 13.1 Å². The molecular weight excluding hydrogens is 469 g/mol. The third-order valence-electron chi connectivity index (χ3n) is 4.62. The van der Waals surface area contributed by atoms with Crippen LogP contribution in [0.3, 0.4) is 0 Å². The van der Waals surface area contributed by atoms with Crippen molar-refractivity contribution in [3.05, 3.63) is 12.4 Å². The highest BCUT2D eigenvalue weighted by atomic mass is 31.2. The monoisotopic (exact) mass is 511 g/mol. The molecule has 0 bridgehead atoms. The van der Waals surface area contributed by atoms with Crippen molar-refractivity contribution in [1.82, 2.24) is 15.1 Å². The second-order valence-electron chi connectivity index (χ2n) is 8.87. The first-order chi connectivity index (χ1) is 16.6. The highest BCUT2D eigenvalue weighted by molar-refractivity contribution is 7.50. The van der Waals surface area contributed by atoms with Crippen LogP contribution in [-0.2, 0) is 18.9 Å². The molecule has 0 saturated carbocycles. The quantitative estimate of drug-likeness (QED) is 0.0791. The zero-order valence-corrected chi connectivity index (χ0v) is 23.0. The molecule has 0 saturated heterocycles. The lowest BCUT2D eigenvalue weighted by molar-refractivity contribution is -0.149. The molecular formula is C23H42N7O4P. The molecule has 0 fully saturated rings. The molecule has 0 aliphatic rings. The summed E-state index contributed by atoms with van der Waals surface area (Å²) in [5, 5.41) is 7.31. The van der Waals surface area contributed by atoms with Crippen LogP contribution in [-0.4, -0.2) is 66.2 Å². The maximum Gasteiger partial charge on any atom is 0.326 e. The predicted molar refractivity (Wildman–Crippen MR) is 143 cm³/mol. The van der Waals surface area contributed by atoms with Crippen LogP contribution in [0.5, 0.6) is 0 Å². The Kier molecular flexibility index (Phi) is 14.3. The molecule has 1 aromatic rings. The second-order valence-corrected chi connectivity index (χ2v) is 10.3. The van der Waals surface area contributed by atoms with Gasteiger partial charge in [-0.2, -0.15) is 0 Å². The van der Waals surface area contributed by atoms with Gasteiger partial charge in [-0.1, -0.05) is 31.3 Å². The average Bonchev–Trinajstić information content (AvgIpc) is 2.80. The minimum absolute atomic E-state index is 0.212. The zero-order chi connectivity index (χ0) is 26.3. The van der Waals surface area contributed by atoms with Gasteiger partial charge in [0.1, 0.15) is 29.8 Å². The van der Waals surface area contributed by atoms with E-state index in [-0.39, 0.29) is 18.4 Å². The topological polar surface area (TPSA) is 137 Å². The molecule has 0 aliphatic carbocycles. The number of nitrogen functional groups attached to an aromatic ring is 1. The number of oxime groups is 1. The Morgan fingerprint density at radius 2 is 2.06 bits per heavy atom. The Balaban J connectivity index is 2.74. The number of hydrogen-bond donors (Lipinski definition) is 2. The molecule has 198 valence electrons. The standard InChI is InChI=1S/C23H42N7O4P/c1-8-9-10-11-12-32-22(31)23(5,6)29-35(34-28-18(2)3)17-33-19(4)14-30(16-25-7)21-13-20(24)26-15-27-21/h13,15-16,19,29H,8-12,14,17H2,1-7H3,(H2,24,26,27)/b25-16-/t19-,35?/m1/s1. The lowest BCUT2D eigenvalue weighted by Gasteiger charge is -2.29. The molecule has 1 rings (SSSR count). The van der Waals surface area contributed by atoms with Gasteiger partial charge in [-0.25, -0.2) is 15.1 Å². The summed E-state index contributed by atoms with van der Waals surface area (Å²) in [5.41, 5.74) is 5.59. The van der Waals surface area contributed by atoms with E-state index in [1.54, 1.807) is 33.3 Å². The van der Waals surface area contributed by atoms with Crippen molar-refractivity contribution in [1.29, 1.82) is 0 Å². The predicted octanol–water partition coefficient (Wildman–Crippen LogP) is 4.10. The third kappa shape index (κ3) is 12.8. The van der Waals surface area contributed by atoms with Crippen molar-refractivity contribution in [2.45, 2.75) is 78.9 Å². The number of nitrogens with two attached hydrogens (primary N) is 1. The van der Waals surface area contributed by atoms with Gasteiger partial charge in [-0.05, 0) is 41.0 Å². The number of esters is 1. The highest BCUT2D eigenvalue weighted by Crippen LogP contribution is 2.36. The van der Waals surface area contributed by atoms with E-state index in [1.807, 2.05) is 25.7 Å². The maximum absolute atomic E-state index is 12.7. The first kappa shape index (κ1) is 30.7. The summed E-state index contributed by atoms with van der Waals surface area (Å²) in [6.07, 6.45) is 7.22. The van der Waals surface area contributed by atoms with Gasteiger partial charge >= 0.3 is 5.97 Å². The van der Waals surface area contributed by atoms with Gasteiger partial charge in [0.2, 0.25) is 8.30 Å². The average molecular weight is 512 g/mol. The Hall–Kier alpha value is -2.36. The molecule has 11 nitrogen and oxygen atoms in total. The van der Waals surface area contributed by atoms with E-state index in [2.05, 4.69) is 32.1 Å². The van der Waals surface area contributed by atoms with E-state index in [4.69, 9.17) is 19.8 Å². The summed E-state index contributed by atoms with van der Waals surface area (Å²) in [6, 6.07) is 1.67. The first-order valence-corrected chi connectivity index (χ1v) is 13.3. The van der Waals surface area contributed by atoms with E-state index >= 15 is 0 Å². The Bertz CT molecular complexity index is 819. The lowest BCUT2D eigenvalue weighted by atomic mass is 10.1. The van der Waals surface area contributed by atoms with E-state index < -0.39 is 13.8 Å². The Morgan fingerprint density at radius 1 is 1.31 bits per heavy atom. The number of carbonyl (C=O) groups is 1. The van der Waals surface area contributed by atoms with Crippen molar-refractivity contribution in [2.75, 3.05) is 37.2 Å². The minimum Gasteiger partial charge on any atom is -0.464 e. The van der Waals surface area contributed by atoms with Crippen LogP contribution in [0.4, 0.5) is 11.6 Å². The number of carbonyl (C=O) groups excluding carboxylic acids is 1. The molecule has 12 heteroatoms.